The minimum absolute atomic E-state index is 0.00678. The zero-order valence-corrected chi connectivity index (χ0v) is 18.6. The van der Waals surface area contributed by atoms with Crippen molar-refractivity contribution in [1.29, 1.82) is 0 Å². The number of aromatic nitrogens is 2. The van der Waals surface area contributed by atoms with Crippen LogP contribution in [-0.4, -0.2) is 61.1 Å². The highest BCUT2D eigenvalue weighted by atomic mass is 16.6. The van der Waals surface area contributed by atoms with Crippen molar-refractivity contribution < 1.29 is 28.8 Å². The summed E-state index contributed by atoms with van der Waals surface area (Å²) in [6.45, 7) is 1.85. The van der Waals surface area contributed by atoms with E-state index in [0.717, 1.165) is 17.7 Å². The number of carboxylic acid groups (broad SMARTS) is 1. The van der Waals surface area contributed by atoms with E-state index in [9.17, 15) is 9.90 Å². The first-order chi connectivity index (χ1) is 16.1. The third kappa shape index (κ3) is 5.20. The molecule has 4 rings (SSSR count). The fraction of sp³-hybridized carbons (Fsp3) is 0.333. The normalized spacial score (nSPS) is 15.3. The van der Waals surface area contributed by atoms with Crippen LogP contribution in [0.4, 0.5) is 10.5 Å². The zero-order chi connectivity index (χ0) is 23.2. The molecule has 1 saturated heterocycles. The van der Waals surface area contributed by atoms with Gasteiger partial charge in [-0.2, -0.15) is 5.10 Å². The van der Waals surface area contributed by atoms with E-state index in [0.29, 0.717) is 42.7 Å². The maximum atomic E-state index is 11.9. The maximum absolute atomic E-state index is 11.9. The van der Waals surface area contributed by atoms with Gasteiger partial charge in [-0.05, 0) is 48.5 Å². The first-order valence-corrected chi connectivity index (χ1v) is 10.7. The molecule has 0 saturated carbocycles. The van der Waals surface area contributed by atoms with Crippen molar-refractivity contribution in [2.45, 2.75) is 19.1 Å². The van der Waals surface area contributed by atoms with Crippen LogP contribution in [0.15, 0.2) is 54.7 Å². The van der Waals surface area contributed by atoms with Crippen LogP contribution in [0.2, 0.25) is 0 Å². The molecule has 1 fully saturated rings. The Morgan fingerprint density at radius 3 is 2.64 bits per heavy atom. The lowest BCUT2D eigenvalue weighted by atomic mass is 10.1. The summed E-state index contributed by atoms with van der Waals surface area (Å²) in [6, 6.07) is 14.5. The number of methoxy groups -OCH3 is 2. The average Bonchev–Trinajstić information content (AvgIpc) is 3.51. The predicted octanol–water partition coefficient (Wildman–Crippen LogP) is 3.92. The molecule has 2 aromatic carbocycles. The lowest BCUT2D eigenvalue weighted by Gasteiger charge is -2.20. The maximum Gasteiger partial charge on any atom is 0.411 e. The molecule has 174 valence electrons. The smallest absolute Gasteiger partial charge is 0.411 e. The molecule has 0 unspecified atom stereocenters. The molecule has 9 heteroatoms. The van der Waals surface area contributed by atoms with E-state index in [4.69, 9.17) is 18.9 Å². The van der Waals surface area contributed by atoms with Crippen molar-refractivity contribution >= 4 is 11.8 Å². The first-order valence-electron chi connectivity index (χ1n) is 10.7. The molecule has 1 aromatic heterocycles. The molecule has 3 aromatic rings. The minimum atomic E-state index is -1.03. The number of amides is 1. The van der Waals surface area contributed by atoms with E-state index in [1.807, 2.05) is 24.3 Å². The molecule has 1 aliphatic heterocycles. The number of carbonyl (C=O) groups is 1. The van der Waals surface area contributed by atoms with Crippen molar-refractivity contribution in [3.05, 3.63) is 54.7 Å². The molecule has 1 N–H and O–H groups in total. The van der Waals surface area contributed by atoms with Gasteiger partial charge in [0.1, 0.15) is 11.9 Å². The molecule has 0 radical (unpaired) electrons. The van der Waals surface area contributed by atoms with Gasteiger partial charge in [-0.15, -0.1) is 0 Å². The third-order valence-electron chi connectivity index (χ3n) is 5.51. The Kier molecular flexibility index (Phi) is 6.99. The van der Waals surface area contributed by atoms with Gasteiger partial charge < -0.3 is 24.1 Å². The summed E-state index contributed by atoms with van der Waals surface area (Å²) in [5.41, 5.74) is 2.31. The number of hydrogen-bond donors (Lipinski definition) is 1. The summed E-state index contributed by atoms with van der Waals surface area (Å²) in [4.78, 5) is 13.2. The zero-order valence-electron chi connectivity index (χ0n) is 18.6. The summed E-state index contributed by atoms with van der Waals surface area (Å²) < 4.78 is 23.9. The van der Waals surface area contributed by atoms with E-state index in [1.54, 1.807) is 49.4 Å². The summed E-state index contributed by atoms with van der Waals surface area (Å²) in [6.07, 6.45) is 1.49. The Labute approximate surface area is 192 Å². The number of nitrogens with zero attached hydrogens (tertiary/aromatic N) is 3. The Morgan fingerprint density at radius 2 is 1.97 bits per heavy atom. The number of benzene rings is 2. The van der Waals surface area contributed by atoms with Gasteiger partial charge >= 0.3 is 6.09 Å². The fourth-order valence-electron chi connectivity index (χ4n) is 3.76. The van der Waals surface area contributed by atoms with Gasteiger partial charge in [-0.25, -0.2) is 4.79 Å². The minimum Gasteiger partial charge on any atom is -0.497 e. The van der Waals surface area contributed by atoms with Gasteiger partial charge in [0.25, 0.3) is 0 Å². The largest absolute Gasteiger partial charge is 0.497 e. The predicted molar refractivity (Wildman–Crippen MR) is 122 cm³/mol. The van der Waals surface area contributed by atoms with Crippen LogP contribution in [0.1, 0.15) is 6.42 Å². The van der Waals surface area contributed by atoms with Crippen molar-refractivity contribution in [2.24, 2.45) is 0 Å². The number of anilines is 1. The highest BCUT2D eigenvalue weighted by Crippen LogP contribution is 2.34. The highest BCUT2D eigenvalue weighted by molar-refractivity contribution is 5.86. The molecule has 0 aliphatic carbocycles. The van der Waals surface area contributed by atoms with Crippen LogP contribution in [0.25, 0.3) is 11.3 Å². The fourth-order valence-corrected chi connectivity index (χ4v) is 3.76. The molecule has 1 aliphatic rings. The standard InChI is InChI=1S/C24H27N3O6/c1-30-19-6-4-18(5-7-19)26(24(28)29)12-13-27-21(9-11-25-27)17-3-8-22(31-2)23(15-17)33-20-10-14-32-16-20/h3-9,11,15,20H,10,12-14,16H2,1-2H3,(H,28,29)/t20-/m1/s1. The summed E-state index contributed by atoms with van der Waals surface area (Å²) in [5.74, 6) is 1.96. The SMILES string of the molecule is COc1ccc(N(CCn2nccc2-c2ccc(OC)c(O[C@@H]3CCOC3)c2)C(=O)O)cc1. The molecule has 1 atom stereocenters. The topological polar surface area (TPSA) is 95.3 Å². The number of ether oxygens (including phenoxy) is 4. The molecule has 2 heterocycles. The molecule has 0 bridgehead atoms. The van der Waals surface area contributed by atoms with E-state index < -0.39 is 6.09 Å². The first kappa shape index (κ1) is 22.5. The Bertz CT molecular complexity index is 1080. The number of hydrogen-bond acceptors (Lipinski definition) is 6. The van der Waals surface area contributed by atoms with Crippen LogP contribution in [0.3, 0.4) is 0 Å². The molecular weight excluding hydrogens is 426 g/mol. The Hall–Kier alpha value is -3.72. The Balaban J connectivity index is 1.52. The van der Waals surface area contributed by atoms with E-state index in [1.165, 1.54) is 4.90 Å². The highest BCUT2D eigenvalue weighted by Gasteiger charge is 2.20. The van der Waals surface area contributed by atoms with Crippen LogP contribution in [0, 0.1) is 0 Å². The van der Waals surface area contributed by atoms with Gasteiger partial charge in [0, 0.05) is 30.4 Å². The van der Waals surface area contributed by atoms with Crippen LogP contribution >= 0.6 is 0 Å². The molecule has 33 heavy (non-hydrogen) atoms. The van der Waals surface area contributed by atoms with Gasteiger partial charge in [0.05, 0.1) is 39.7 Å². The second kappa shape index (κ2) is 10.3. The monoisotopic (exact) mass is 453 g/mol. The van der Waals surface area contributed by atoms with Gasteiger partial charge in [0.15, 0.2) is 11.5 Å². The van der Waals surface area contributed by atoms with E-state index >= 15 is 0 Å². The average molecular weight is 453 g/mol. The Morgan fingerprint density at radius 1 is 1.15 bits per heavy atom. The quantitative estimate of drug-likeness (QED) is 0.525. The lowest BCUT2D eigenvalue weighted by Crippen LogP contribution is -2.32. The van der Waals surface area contributed by atoms with Crippen molar-refractivity contribution in [3.8, 4) is 28.5 Å². The molecule has 9 nitrogen and oxygen atoms in total. The number of rotatable bonds is 9. The van der Waals surface area contributed by atoms with Crippen molar-refractivity contribution in [1.82, 2.24) is 9.78 Å². The van der Waals surface area contributed by atoms with E-state index in [-0.39, 0.29) is 12.6 Å². The van der Waals surface area contributed by atoms with Gasteiger partial charge in [0.2, 0.25) is 0 Å². The second-order valence-electron chi connectivity index (χ2n) is 7.54. The third-order valence-corrected chi connectivity index (χ3v) is 5.51. The molecular formula is C24H27N3O6. The van der Waals surface area contributed by atoms with Gasteiger partial charge in [-0.1, -0.05) is 0 Å². The lowest BCUT2D eigenvalue weighted by molar-refractivity contribution is 0.138. The van der Waals surface area contributed by atoms with Crippen LogP contribution in [-0.2, 0) is 11.3 Å². The summed E-state index contributed by atoms with van der Waals surface area (Å²) in [7, 11) is 3.18. The van der Waals surface area contributed by atoms with E-state index in [2.05, 4.69) is 5.10 Å². The summed E-state index contributed by atoms with van der Waals surface area (Å²) >= 11 is 0. The molecule has 0 spiro atoms. The molecule has 1 amide bonds. The van der Waals surface area contributed by atoms with Gasteiger partial charge in [-0.3, -0.25) is 9.58 Å². The van der Waals surface area contributed by atoms with Crippen LogP contribution in [0.5, 0.6) is 17.2 Å². The van der Waals surface area contributed by atoms with Crippen molar-refractivity contribution in [3.63, 3.8) is 0 Å². The van der Waals surface area contributed by atoms with Crippen molar-refractivity contribution in [2.75, 3.05) is 38.9 Å². The second-order valence-corrected chi connectivity index (χ2v) is 7.54. The summed E-state index contributed by atoms with van der Waals surface area (Å²) in [5, 5.41) is 14.1. The van der Waals surface area contributed by atoms with Crippen LogP contribution < -0.4 is 19.1 Å².